The average Bonchev–Trinajstić information content (AvgIpc) is 2.67. The van der Waals surface area contributed by atoms with Crippen molar-refractivity contribution in [2.24, 2.45) is 0 Å². The summed E-state index contributed by atoms with van der Waals surface area (Å²) in [6.07, 6.45) is 0.881. The molecule has 1 aliphatic heterocycles. The summed E-state index contributed by atoms with van der Waals surface area (Å²) in [6, 6.07) is 21.3. The van der Waals surface area contributed by atoms with Crippen molar-refractivity contribution >= 4 is 17.5 Å². The Balaban J connectivity index is 1.62. The number of hydrogen-bond acceptors (Lipinski definition) is 2. The van der Waals surface area contributed by atoms with Gasteiger partial charge in [-0.2, -0.15) is 0 Å². The van der Waals surface area contributed by atoms with Gasteiger partial charge in [-0.25, -0.2) is 4.98 Å². The largest absolute Gasteiger partial charge is 0.333 e. The van der Waals surface area contributed by atoms with Crippen molar-refractivity contribution < 1.29 is 4.79 Å². The Kier molecular flexibility index (Phi) is 4.24. The number of rotatable bonds is 2. The molecule has 25 heavy (non-hydrogen) atoms. The van der Waals surface area contributed by atoms with Crippen LogP contribution in [0.25, 0.3) is 11.3 Å². The number of fused-ring (bicyclic) bond motifs is 1. The maximum absolute atomic E-state index is 12.9. The lowest BCUT2D eigenvalue weighted by Crippen LogP contribution is -2.36. The van der Waals surface area contributed by atoms with E-state index in [1.165, 1.54) is 11.1 Å². The van der Waals surface area contributed by atoms with Gasteiger partial charge in [0.1, 0.15) is 5.69 Å². The van der Waals surface area contributed by atoms with Gasteiger partial charge >= 0.3 is 0 Å². The summed E-state index contributed by atoms with van der Waals surface area (Å²) in [5.74, 6) is -0.0385. The molecule has 124 valence electrons. The maximum Gasteiger partial charge on any atom is 0.272 e. The zero-order chi connectivity index (χ0) is 17.2. The topological polar surface area (TPSA) is 33.2 Å². The third-order valence-electron chi connectivity index (χ3n) is 4.54. The molecule has 0 atom stereocenters. The Morgan fingerprint density at radius 3 is 2.52 bits per heavy atom. The Morgan fingerprint density at radius 1 is 0.920 bits per heavy atom. The molecule has 0 radical (unpaired) electrons. The Morgan fingerprint density at radius 2 is 1.68 bits per heavy atom. The molecule has 0 N–H and O–H groups in total. The van der Waals surface area contributed by atoms with Gasteiger partial charge in [0.25, 0.3) is 5.91 Å². The van der Waals surface area contributed by atoms with Crippen molar-refractivity contribution in [3.8, 4) is 11.3 Å². The maximum atomic E-state index is 12.9. The number of nitrogens with zero attached hydrogens (tertiary/aromatic N) is 2. The molecular weight excluding hydrogens is 332 g/mol. The summed E-state index contributed by atoms with van der Waals surface area (Å²) in [5, 5.41) is 0.631. The Bertz CT molecular complexity index is 938. The smallest absolute Gasteiger partial charge is 0.272 e. The number of carbonyl (C=O) groups is 1. The highest BCUT2D eigenvalue weighted by Gasteiger charge is 2.22. The third kappa shape index (κ3) is 3.15. The number of halogens is 1. The van der Waals surface area contributed by atoms with Crippen molar-refractivity contribution in [1.29, 1.82) is 0 Å². The molecular formula is C21H17ClN2O. The zero-order valence-electron chi connectivity index (χ0n) is 13.7. The van der Waals surface area contributed by atoms with Crippen LogP contribution in [0.1, 0.15) is 21.6 Å². The quantitative estimate of drug-likeness (QED) is 0.678. The summed E-state index contributed by atoms with van der Waals surface area (Å²) in [6.45, 7) is 1.35. The molecule has 3 nitrogen and oxygen atoms in total. The number of benzene rings is 2. The molecule has 1 aromatic heterocycles. The molecule has 4 heteroatoms. The highest BCUT2D eigenvalue weighted by Crippen LogP contribution is 2.26. The zero-order valence-corrected chi connectivity index (χ0v) is 14.4. The van der Waals surface area contributed by atoms with Crippen LogP contribution in [-0.4, -0.2) is 22.3 Å². The van der Waals surface area contributed by atoms with Gasteiger partial charge in [0.15, 0.2) is 0 Å². The second-order valence-corrected chi connectivity index (χ2v) is 6.54. The molecule has 0 fully saturated rings. The van der Waals surface area contributed by atoms with E-state index in [1.54, 1.807) is 6.07 Å². The highest BCUT2D eigenvalue weighted by atomic mass is 35.5. The second kappa shape index (κ2) is 6.69. The molecule has 0 spiro atoms. The van der Waals surface area contributed by atoms with Crippen LogP contribution in [0.2, 0.25) is 5.02 Å². The molecule has 2 heterocycles. The molecule has 0 aliphatic carbocycles. The molecule has 4 rings (SSSR count). The number of amides is 1. The lowest BCUT2D eigenvalue weighted by atomic mass is 9.99. The number of aromatic nitrogens is 1. The summed E-state index contributed by atoms with van der Waals surface area (Å²) in [7, 11) is 0. The van der Waals surface area contributed by atoms with Crippen LogP contribution in [0.4, 0.5) is 0 Å². The molecule has 3 aromatic rings. The first kappa shape index (κ1) is 15.9. The predicted octanol–water partition coefficient (Wildman–Crippen LogP) is 4.60. The third-order valence-corrected chi connectivity index (χ3v) is 4.87. The SMILES string of the molecule is O=C(c1cccc(-c2ccccc2Cl)n1)N1CCc2ccccc2C1. The van der Waals surface area contributed by atoms with E-state index in [0.29, 0.717) is 29.5 Å². The minimum Gasteiger partial charge on any atom is -0.333 e. The van der Waals surface area contributed by atoms with E-state index in [4.69, 9.17) is 11.6 Å². The van der Waals surface area contributed by atoms with Crippen LogP contribution in [-0.2, 0) is 13.0 Å². The fourth-order valence-corrected chi connectivity index (χ4v) is 3.44. The van der Waals surface area contributed by atoms with Crippen LogP contribution in [0.15, 0.2) is 66.7 Å². The first-order valence-electron chi connectivity index (χ1n) is 8.30. The van der Waals surface area contributed by atoms with Gasteiger partial charge in [-0.3, -0.25) is 4.79 Å². The normalized spacial score (nSPS) is 13.4. The van der Waals surface area contributed by atoms with Gasteiger partial charge in [-0.15, -0.1) is 0 Å². The van der Waals surface area contributed by atoms with Crippen LogP contribution in [0.3, 0.4) is 0 Å². The second-order valence-electron chi connectivity index (χ2n) is 6.13. The lowest BCUT2D eigenvalue weighted by molar-refractivity contribution is 0.0729. The molecule has 0 unspecified atom stereocenters. The van der Waals surface area contributed by atoms with Gasteiger partial charge in [-0.1, -0.05) is 60.1 Å². The van der Waals surface area contributed by atoms with Crippen molar-refractivity contribution in [2.45, 2.75) is 13.0 Å². The van der Waals surface area contributed by atoms with E-state index < -0.39 is 0 Å². The van der Waals surface area contributed by atoms with Crippen molar-refractivity contribution in [3.05, 3.63) is 88.6 Å². The van der Waals surface area contributed by atoms with Gasteiger partial charge in [0, 0.05) is 23.7 Å². The Hall–Kier alpha value is -2.65. The van der Waals surface area contributed by atoms with Crippen LogP contribution in [0, 0.1) is 0 Å². The number of hydrogen-bond donors (Lipinski definition) is 0. The molecule has 0 bridgehead atoms. The molecule has 1 aliphatic rings. The van der Waals surface area contributed by atoms with Gasteiger partial charge in [-0.05, 0) is 35.7 Å². The van der Waals surface area contributed by atoms with Gasteiger partial charge in [0.05, 0.1) is 5.69 Å². The van der Waals surface area contributed by atoms with Crippen molar-refractivity contribution in [1.82, 2.24) is 9.88 Å². The molecule has 1 amide bonds. The van der Waals surface area contributed by atoms with E-state index in [1.807, 2.05) is 53.4 Å². The van der Waals surface area contributed by atoms with Gasteiger partial charge < -0.3 is 4.90 Å². The summed E-state index contributed by atoms with van der Waals surface area (Å²) in [5.41, 5.74) is 4.54. The minimum absolute atomic E-state index is 0.0385. The van der Waals surface area contributed by atoms with Crippen LogP contribution < -0.4 is 0 Å². The summed E-state index contributed by atoms with van der Waals surface area (Å²) < 4.78 is 0. The first-order chi connectivity index (χ1) is 12.2. The van der Waals surface area contributed by atoms with Crippen molar-refractivity contribution in [2.75, 3.05) is 6.54 Å². The number of carbonyl (C=O) groups excluding carboxylic acids is 1. The standard InChI is InChI=1S/C21H17ClN2O/c22-18-9-4-3-8-17(18)19-10-5-11-20(23-19)21(25)24-13-12-15-6-1-2-7-16(15)14-24/h1-11H,12-14H2. The van der Waals surface area contributed by atoms with E-state index >= 15 is 0 Å². The average molecular weight is 349 g/mol. The summed E-state index contributed by atoms with van der Waals surface area (Å²) >= 11 is 6.26. The van der Waals surface area contributed by atoms with Crippen molar-refractivity contribution in [3.63, 3.8) is 0 Å². The predicted molar refractivity (Wildman–Crippen MR) is 99.6 cm³/mol. The fraction of sp³-hybridized carbons (Fsp3) is 0.143. The van der Waals surface area contributed by atoms with E-state index in [-0.39, 0.29) is 5.91 Å². The molecule has 0 saturated heterocycles. The van der Waals surface area contributed by atoms with E-state index in [0.717, 1.165) is 12.0 Å². The Labute approximate surface area is 151 Å². The number of pyridine rings is 1. The van der Waals surface area contributed by atoms with E-state index in [2.05, 4.69) is 17.1 Å². The van der Waals surface area contributed by atoms with Crippen LogP contribution >= 0.6 is 11.6 Å². The molecule has 2 aromatic carbocycles. The summed E-state index contributed by atoms with van der Waals surface area (Å²) in [4.78, 5) is 19.3. The fourth-order valence-electron chi connectivity index (χ4n) is 3.20. The highest BCUT2D eigenvalue weighted by molar-refractivity contribution is 6.33. The molecule has 0 saturated carbocycles. The van der Waals surface area contributed by atoms with Gasteiger partial charge in [0.2, 0.25) is 0 Å². The van der Waals surface area contributed by atoms with Crippen LogP contribution in [0.5, 0.6) is 0 Å². The lowest BCUT2D eigenvalue weighted by Gasteiger charge is -2.28. The van der Waals surface area contributed by atoms with E-state index in [9.17, 15) is 4.79 Å². The monoisotopic (exact) mass is 348 g/mol. The first-order valence-corrected chi connectivity index (χ1v) is 8.68. The minimum atomic E-state index is -0.0385.